The Morgan fingerprint density at radius 1 is 1.42 bits per heavy atom. The average molecular weight is 288 g/mol. The normalized spacial score (nSPS) is 23.5. The van der Waals surface area contributed by atoms with Gasteiger partial charge in [0.15, 0.2) is 0 Å². The predicted molar refractivity (Wildman–Crippen MR) is 69.8 cm³/mol. The topological polar surface area (TPSA) is 81.4 Å². The van der Waals surface area contributed by atoms with Crippen molar-refractivity contribution in [3.05, 3.63) is 24.0 Å². The van der Waals surface area contributed by atoms with Gasteiger partial charge in [-0.3, -0.25) is 0 Å². The quantitative estimate of drug-likeness (QED) is 0.878. The molecule has 7 heteroatoms. The smallest absolute Gasteiger partial charge is 0.238 e. The first kappa shape index (κ1) is 14.2. The summed E-state index contributed by atoms with van der Waals surface area (Å²) < 4.78 is 41.2. The van der Waals surface area contributed by atoms with E-state index in [1.54, 1.807) is 7.11 Å². The molecule has 1 aromatic rings. The van der Waals surface area contributed by atoms with Crippen LogP contribution in [0.5, 0.6) is 0 Å². The second-order valence-corrected chi connectivity index (χ2v) is 6.26. The number of anilines is 1. The number of nitrogens with one attached hydrogen (secondary N) is 1. The van der Waals surface area contributed by atoms with Gasteiger partial charge in [-0.2, -0.15) is 0 Å². The molecule has 2 rings (SSSR count). The van der Waals surface area contributed by atoms with Crippen LogP contribution in [-0.4, -0.2) is 27.7 Å². The van der Waals surface area contributed by atoms with Gasteiger partial charge in [0.05, 0.1) is 16.7 Å². The number of halogens is 1. The van der Waals surface area contributed by atoms with Crippen molar-refractivity contribution in [2.75, 3.05) is 12.4 Å². The lowest BCUT2D eigenvalue weighted by Gasteiger charge is -2.15. The van der Waals surface area contributed by atoms with Gasteiger partial charge in [0.2, 0.25) is 10.0 Å². The Hall–Kier alpha value is -1.18. The standard InChI is InChI=1S/C12H17FN2O3S/c1-18-9-3-2-8(6-9)15-12-5-4-10(7-11(12)13)19(14,16)17/h4-5,7-9,15H,2-3,6H2,1H3,(H2,14,16,17). The van der Waals surface area contributed by atoms with Crippen LogP contribution in [0.1, 0.15) is 19.3 Å². The summed E-state index contributed by atoms with van der Waals surface area (Å²) in [4.78, 5) is -0.225. The molecule has 2 atom stereocenters. The van der Waals surface area contributed by atoms with E-state index in [1.807, 2.05) is 0 Å². The minimum atomic E-state index is -3.87. The van der Waals surface area contributed by atoms with Gasteiger partial charge in [-0.15, -0.1) is 0 Å². The lowest BCUT2D eigenvalue weighted by molar-refractivity contribution is 0.108. The molecule has 1 fully saturated rings. The van der Waals surface area contributed by atoms with Crippen LogP contribution in [0.4, 0.5) is 10.1 Å². The maximum Gasteiger partial charge on any atom is 0.238 e. The van der Waals surface area contributed by atoms with Crippen LogP contribution in [-0.2, 0) is 14.8 Å². The van der Waals surface area contributed by atoms with Crippen molar-refractivity contribution in [2.45, 2.75) is 36.3 Å². The molecule has 5 nitrogen and oxygen atoms in total. The highest BCUT2D eigenvalue weighted by molar-refractivity contribution is 7.89. The van der Waals surface area contributed by atoms with Crippen LogP contribution in [0, 0.1) is 5.82 Å². The van der Waals surface area contributed by atoms with Crippen LogP contribution in [0.3, 0.4) is 0 Å². The SMILES string of the molecule is COC1CCC(Nc2ccc(S(N)(=O)=O)cc2F)C1. The minimum absolute atomic E-state index is 0.139. The maximum absolute atomic E-state index is 13.8. The highest BCUT2D eigenvalue weighted by Gasteiger charge is 2.25. The molecule has 2 unspecified atom stereocenters. The van der Waals surface area contributed by atoms with Crippen LogP contribution < -0.4 is 10.5 Å². The molecule has 0 aromatic heterocycles. The maximum atomic E-state index is 13.8. The monoisotopic (exact) mass is 288 g/mol. The first-order valence-corrected chi connectivity index (χ1v) is 7.56. The molecule has 106 valence electrons. The molecule has 0 amide bonds. The zero-order valence-corrected chi connectivity index (χ0v) is 11.4. The number of rotatable bonds is 4. The highest BCUT2D eigenvalue weighted by Crippen LogP contribution is 2.26. The van der Waals surface area contributed by atoms with Gasteiger partial charge in [-0.25, -0.2) is 17.9 Å². The largest absolute Gasteiger partial charge is 0.381 e. The van der Waals surface area contributed by atoms with Gasteiger partial charge in [0, 0.05) is 13.2 Å². The number of primary sulfonamides is 1. The minimum Gasteiger partial charge on any atom is -0.381 e. The van der Waals surface area contributed by atoms with Crippen LogP contribution in [0.25, 0.3) is 0 Å². The van der Waals surface area contributed by atoms with Gasteiger partial charge in [0.25, 0.3) is 0 Å². The molecule has 0 saturated heterocycles. The summed E-state index contributed by atoms with van der Waals surface area (Å²) >= 11 is 0. The van der Waals surface area contributed by atoms with E-state index in [4.69, 9.17) is 9.88 Å². The molecule has 1 saturated carbocycles. The fourth-order valence-electron chi connectivity index (χ4n) is 2.30. The van der Waals surface area contributed by atoms with Crippen molar-refractivity contribution < 1.29 is 17.5 Å². The number of nitrogens with two attached hydrogens (primary N) is 1. The predicted octanol–water partition coefficient (Wildman–Crippen LogP) is 1.45. The molecule has 0 bridgehead atoms. The number of ether oxygens (including phenoxy) is 1. The third kappa shape index (κ3) is 3.43. The van der Waals surface area contributed by atoms with Crippen molar-refractivity contribution in [3.63, 3.8) is 0 Å². The fraction of sp³-hybridized carbons (Fsp3) is 0.500. The second kappa shape index (κ2) is 5.44. The van der Waals surface area contributed by atoms with E-state index in [9.17, 15) is 12.8 Å². The Kier molecular flexibility index (Phi) is 4.07. The summed E-state index contributed by atoms with van der Waals surface area (Å²) in [5.74, 6) is -0.618. The molecular formula is C12H17FN2O3S. The van der Waals surface area contributed by atoms with Crippen LogP contribution in [0.2, 0.25) is 0 Å². The lowest BCUT2D eigenvalue weighted by Crippen LogP contribution is -2.18. The van der Waals surface area contributed by atoms with E-state index in [1.165, 1.54) is 12.1 Å². The molecule has 19 heavy (non-hydrogen) atoms. The first-order chi connectivity index (χ1) is 8.90. The third-order valence-electron chi connectivity index (χ3n) is 3.35. The van der Waals surface area contributed by atoms with E-state index in [2.05, 4.69) is 5.32 Å². The molecular weight excluding hydrogens is 271 g/mol. The van der Waals surface area contributed by atoms with Crippen molar-refractivity contribution >= 4 is 15.7 Å². The Labute approximate surface area is 112 Å². The molecule has 0 spiro atoms. The molecule has 1 aliphatic rings. The van der Waals surface area contributed by atoms with Crippen LogP contribution >= 0.6 is 0 Å². The van der Waals surface area contributed by atoms with E-state index < -0.39 is 15.8 Å². The number of sulfonamides is 1. The van der Waals surface area contributed by atoms with E-state index in [-0.39, 0.29) is 22.7 Å². The molecule has 0 heterocycles. The number of benzene rings is 1. The summed E-state index contributed by atoms with van der Waals surface area (Å²) in [6.07, 6.45) is 2.84. The van der Waals surface area contributed by atoms with Crippen molar-refractivity contribution in [2.24, 2.45) is 5.14 Å². The van der Waals surface area contributed by atoms with Gasteiger partial charge >= 0.3 is 0 Å². The zero-order valence-electron chi connectivity index (χ0n) is 10.6. The molecule has 1 aromatic carbocycles. The van der Waals surface area contributed by atoms with Gasteiger partial charge in [-0.05, 0) is 37.5 Å². The molecule has 0 radical (unpaired) electrons. The lowest BCUT2D eigenvalue weighted by atomic mass is 10.2. The summed E-state index contributed by atoms with van der Waals surface area (Å²) in [5, 5.41) is 8.01. The summed E-state index contributed by atoms with van der Waals surface area (Å²) in [7, 11) is -2.21. The third-order valence-corrected chi connectivity index (χ3v) is 4.26. The number of methoxy groups -OCH3 is 1. The van der Waals surface area contributed by atoms with E-state index in [0.29, 0.717) is 0 Å². The molecule has 3 N–H and O–H groups in total. The Morgan fingerprint density at radius 2 is 2.16 bits per heavy atom. The van der Waals surface area contributed by atoms with Crippen LogP contribution in [0.15, 0.2) is 23.1 Å². The van der Waals surface area contributed by atoms with E-state index >= 15 is 0 Å². The highest BCUT2D eigenvalue weighted by atomic mass is 32.2. The van der Waals surface area contributed by atoms with Gasteiger partial charge < -0.3 is 10.1 Å². The van der Waals surface area contributed by atoms with Crippen molar-refractivity contribution in [1.82, 2.24) is 0 Å². The van der Waals surface area contributed by atoms with Crippen molar-refractivity contribution in [3.8, 4) is 0 Å². The number of hydrogen-bond donors (Lipinski definition) is 2. The molecule has 0 aliphatic heterocycles. The van der Waals surface area contributed by atoms with Gasteiger partial charge in [-0.1, -0.05) is 0 Å². The first-order valence-electron chi connectivity index (χ1n) is 6.02. The van der Waals surface area contributed by atoms with E-state index in [0.717, 1.165) is 25.3 Å². The second-order valence-electron chi connectivity index (χ2n) is 4.70. The zero-order chi connectivity index (χ0) is 14.0. The Balaban J connectivity index is 2.10. The Bertz CT molecular complexity index is 562. The summed E-state index contributed by atoms with van der Waals surface area (Å²) in [6, 6.07) is 3.76. The summed E-state index contributed by atoms with van der Waals surface area (Å²) in [5.41, 5.74) is 0.286. The average Bonchev–Trinajstić information content (AvgIpc) is 2.78. The fourth-order valence-corrected chi connectivity index (χ4v) is 2.82. The summed E-state index contributed by atoms with van der Waals surface area (Å²) in [6.45, 7) is 0. The number of hydrogen-bond acceptors (Lipinski definition) is 4. The Morgan fingerprint density at radius 3 is 2.68 bits per heavy atom. The van der Waals surface area contributed by atoms with Gasteiger partial charge in [0.1, 0.15) is 5.82 Å². The van der Waals surface area contributed by atoms with Crippen molar-refractivity contribution in [1.29, 1.82) is 0 Å². The molecule has 1 aliphatic carbocycles.